The first-order chi connectivity index (χ1) is 10.3. The predicted molar refractivity (Wildman–Crippen MR) is 99.1 cm³/mol. The zero-order valence-electron chi connectivity index (χ0n) is 14.6. The van der Waals surface area contributed by atoms with E-state index in [0.717, 1.165) is 32.1 Å². The largest absolute Gasteiger partial charge is 0.353 e. The van der Waals surface area contributed by atoms with Crippen molar-refractivity contribution in [3.63, 3.8) is 0 Å². The lowest BCUT2D eigenvalue weighted by molar-refractivity contribution is -0.122. The van der Waals surface area contributed by atoms with Crippen LogP contribution in [0.4, 0.5) is 0 Å². The Morgan fingerprint density at radius 1 is 1.13 bits per heavy atom. The maximum atomic E-state index is 12.0. The van der Waals surface area contributed by atoms with E-state index in [9.17, 15) is 4.79 Å². The molecule has 1 aliphatic carbocycles. The molecule has 0 bridgehead atoms. The van der Waals surface area contributed by atoms with Crippen molar-refractivity contribution in [2.24, 2.45) is 5.73 Å². The van der Waals surface area contributed by atoms with Gasteiger partial charge in [0.15, 0.2) is 0 Å². The van der Waals surface area contributed by atoms with Gasteiger partial charge in [0, 0.05) is 18.5 Å². The van der Waals surface area contributed by atoms with Gasteiger partial charge in [0.1, 0.15) is 0 Å². The Labute approximate surface area is 146 Å². The summed E-state index contributed by atoms with van der Waals surface area (Å²) in [5, 5.41) is 3.15. The van der Waals surface area contributed by atoms with Gasteiger partial charge in [0.05, 0.1) is 0 Å². The van der Waals surface area contributed by atoms with E-state index in [1.807, 2.05) is 0 Å². The van der Waals surface area contributed by atoms with Gasteiger partial charge in [0.2, 0.25) is 5.91 Å². The summed E-state index contributed by atoms with van der Waals surface area (Å²) in [6, 6.07) is 9.30. The molecule has 3 N–H and O–H groups in total. The first kappa shape index (κ1) is 20.0. The smallest absolute Gasteiger partial charge is 0.220 e. The topological polar surface area (TPSA) is 55.1 Å². The van der Waals surface area contributed by atoms with Crippen LogP contribution in [-0.2, 0) is 16.6 Å². The average molecular weight is 339 g/mol. The molecule has 0 heterocycles. The predicted octanol–water partition coefficient (Wildman–Crippen LogP) is 3.72. The molecule has 1 amide bonds. The van der Waals surface area contributed by atoms with Crippen LogP contribution < -0.4 is 11.1 Å². The molecule has 1 aromatic rings. The number of aryl methyl sites for hydroxylation is 1. The summed E-state index contributed by atoms with van der Waals surface area (Å²) >= 11 is 0. The second-order valence-corrected chi connectivity index (χ2v) is 7.63. The highest BCUT2D eigenvalue weighted by molar-refractivity contribution is 5.85. The molecule has 3 nitrogen and oxygen atoms in total. The fraction of sp³-hybridized carbons (Fsp3) is 0.632. The van der Waals surface area contributed by atoms with Gasteiger partial charge in [-0.1, -0.05) is 45.0 Å². The maximum Gasteiger partial charge on any atom is 0.220 e. The van der Waals surface area contributed by atoms with E-state index in [1.54, 1.807) is 0 Å². The summed E-state index contributed by atoms with van der Waals surface area (Å²) in [7, 11) is 0. The minimum atomic E-state index is 0. The summed E-state index contributed by atoms with van der Waals surface area (Å²) in [5.41, 5.74) is 8.63. The number of nitrogens with two attached hydrogens (primary N) is 1. The molecule has 23 heavy (non-hydrogen) atoms. The van der Waals surface area contributed by atoms with Crippen LogP contribution >= 0.6 is 12.4 Å². The number of hydrogen-bond donors (Lipinski definition) is 2. The van der Waals surface area contributed by atoms with Crippen LogP contribution in [0.15, 0.2) is 24.3 Å². The van der Waals surface area contributed by atoms with Crippen molar-refractivity contribution in [2.75, 3.05) is 0 Å². The molecule has 0 aliphatic heterocycles. The van der Waals surface area contributed by atoms with Gasteiger partial charge in [-0.3, -0.25) is 4.79 Å². The summed E-state index contributed by atoms with van der Waals surface area (Å²) in [5.74, 6) is 0.167. The van der Waals surface area contributed by atoms with Crippen LogP contribution in [-0.4, -0.2) is 18.0 Å². The van der Waals surface area contributed by atoms with Crippen molar-refractivity contribution in [3.05, 3.63) is 35.4 Å². The molecule has 0 spiro atoms. The molecule has 0 saturated heterocycles. The Kier molecular flexibility index (Phi) is 7.56. The van der Waals surface area contributed by atoms with Gasteiger partial charge in [0.25, 0.3) is 0 Å². The van der Waals surface area contributed by atoms with Gasteiger partial charge in [-0.25, -0.2) is 0 Å². The monoisotopic (exact) mass is 338 g/mol. The van der Waals surface area contributed by atoms with E-state index >= 15 is 0 Å². The molecule has 0 radical (unpaired) electrons. The van der Waals surface area contributed by atoms with Gasteiger partial charge in [-0.15, -0.1) is 12.4 Å². The molecule has 130 valence electrons. The summed E-state index contributed by atoms with van der Waals surface area (Å²) in [6.45, 7) is 6.64. The Morgan fingerprint density at radius 3 is 2.22 bits per heavy atom. The van der Waals surface area contributed by atoms with Crippen LogP contribution in [0.3, 0.4) is 0 Å². The number of amides is 1. The minimum absolute atomic E-state index is 0. The molecular formula is C19H31ClN2O. The third kappa shape index (κ3) is 6.52. The molecule has 1 fully saturated rings. The number of nitrogens with one attached hydrogen (secondary N) is 1. The van der Waals surface area contributed by atoms with E-state index in [2.05, 4.69) is 50.4 Å². The lowest BCUT2D eigenvalue weighted by atomic mass is 9.86. The fourth-order valence-corrected chi connectivity index (χ4v) is 2.99. The number of carbonyl (C=O) groups is 1. The molecule has 1 aliphatic rings. The normalized spacial score (nSPS) is 21.4. The Bertz CT molecular complexity index is 485. The highest BCUT2D eigenvalue weighted by atomic mass is 35.5. The van der Waals surface area contributed by atoms with Crippen molar-refractivity contribution < 1.29 is 4.79 Å². The molecule has 1 saturated carbocycles. The lowest BCUT2D eigenvalue weighted by Gasteiger charge is -2.26. The summed E-state index contributed by atoms with van der Waals surface area (Å²) < 4.78 is 0. The highest BCUT2D eigenvalue weighted by Gasteiger charge is 2.19. The molecular weight excluding hydrogens is 308 g/mol. The molecule has 1 aromatic carbocycles. The third-order valence-corrected chi connectivity index (χ3v) is 4.60. The zero-order valence-corrected chi connectivity index (χ0v) is 15.4. The average Bonchev–Trinajstić information content (AvgIpc) is 2.47. The maximum absolute atomic E-state index is 12.0. The second kappa shape index (κ2) is 8.70. The van der Waals surface area contributed by atoms with Crippen LogP contribution in [0.5, 0.6) is 0 Å². The standard InChI is InChI=1S/C19H30N2O.ClH/c1-19(2,3)15-7-4-14(5-8-15)6-13-18(22)21-17-11-9-16(20)10-12-17;/h4-5,7-8,16-17H,6,9-13,20H2,1-3H3,(H,21,22);1H. The number of benzene rings is 1. The first-order valence-corrected chi connectivity index (χ1v) is 8.49. The molecule has 2 rings (SSSR count). The Hall–Kier alpha value is -1.06. The van der Waals surface area contributed by atoms with Crippen LogP contribution in [0.25, 0.3) is 0 Å². The Morgan fingerprint density at radius 2 is 1.70 bits per heavy atom. The van der Waals surface area contributed by atoms with Crippen molar-refractivity contribution in [1.82, 2.24) is 5.32 Å². The van der Waals surface area contributed by atoms with Gasteiger partial charge < -0.3 is 11.1 Å². The lowest BCUT2D eigenvalue weighted by Crippen LogP contribution is -2.40. The third-order valence-electron chi connectivity index (χ3n) is 4.60. The first-order valence-electron chi connectivity index (χ1n) is 8.49. The van der Waals surface area contributed by atoms with Crippen LogP contribution in [0.2, 0.25) is 0 Å². The van der Waals surface area contributed by atoms with E-state index in [4.69, 9.17) is 5.73 Å². The van der Waals surface area contributed by atoms with Gasteiger partial charge in [-0.2, -0.15) is 0 Å². The zero-order chi connectivity index (χ0) is 16.2. The SMILES string of the molecule is CC(C)(C)c1ccc(CCC(=O)NC2CCC(N)CC2)cc1.Cl. The molecule has 0 unspecified atom stereocenters. The van der Waals surface area contributed by atoms with E-state index in [1.165, 1.54) is 11.1 Å². The number of rotatable bonds is 4. The van der Waals surface area contributed by atoms with E-state index < -0.39 is 0 Å². The van der Waals surface area contributed by atoms with E-state index in [-0.39, 0.29) is 23.7 Å². The summed E-state index contributed by atoms with van der Waals surface area (Å²) in [4.78, 5) is 12.0. The van der Waals surface area contributed by atoms with Crippen molar-refractivity contribution in [2.45, 2.75) is 76.8 Å². The minimum Gasteiger partial charge on any atom is -0.353 e. The number of hydrogen-bond acceptors (Lipinski definition) is 2. The number of carbonyl (C=O) groups excluding carboxylic acids is 1. The highest BCUT2D eigenvalue weighted by Crippen LogP contribution is 2.22. The van der Waals surface area contributed by atoms with Crippen LogP contribution in [0, 0.1) is 0 Å². The van der Waals surface area contributed by atoms with Gasteiger partial charge >= 0.3 is 0 Å². The fourth-order valence-electron chi connectivity index (χ4n) is 2.99. The van der Waals surface area contributed by atoms with Crippen molar-refractivity contribution in [3.8, 4) is 0 Å². The van der Waals surface area contributed by atoms with Crippen molar-refractivity contribution >= 4 is 18.3 Å². The number of halogens is 1. The molecule has 4 heteroatoms. The van der Waals surface area contributed by atoms with Crippen LogP contribution in [0.1, 0.15) is 64.0 Å². The second-order valence-electron chi connectivity index (χ2n) is 7.63. The Balaban J connectivity index is 0.00000264. The van der Waals surface area contributed by atoms with Gasteiger partial charge in [-0.05, 0) is 48.6 Å². The quantitative estimate of drug-likeness (QED) is 0.879. The molecule has 0 atom stereocenters. The van der Waals surface area contributed by atoms with E-state index in [0.29, 0.717) is 18.5 Å². The van der Waals surface area contributed by atoms with Crippen molar-refractivity contribution in [1.29, 1.82) is 0 Å². The summed E-state index contributed by atoms with van der Waals surface area (Å²) in [6.07, 6.45) is 5.47. The molecule has 0 aromatic heterocycles.